The highest BCUT2D eigenvalue weighted by molar-refractivity contribution is 5.20. The van der Waals surface area contributed by atoms with Crippen LogP contribution >= 0.6 is 0 Å². The number of hydrogen-bond acceptors (Lipinski definition) is 2. The minimum Gasteiger partial charge on any atom is -0.326 e. The first-order valence-corrected chi connectivity index (χ1v) is 6.19. The molecule has 0 amide bonds. The van der Waals surface area contributed by atoms with Crippen LogP contribution in [0.15, 0.2) is 30.3 Å². The van der Waals surface area contributed by atoms with Gasteiger partial charge in [0.25, 0.3) is 0 Å². The molecule has 0 bridgehead atoms. The molecule has 16 heavy (non-hydrogen) atoms. The van der Waals surface area contributed by atoms with Gasteiger partial charge in [-0.25, -0.2) is 0 Å². The number of hydrogen-bond donors (Lipinski definition) is 2. The first-order valence-electron chi connectivity index (χ1n) is 6.19. The van der Waals surface area contributed by atoms with Gasteiger partial charge in [-0.3, -0.25) is 0 Å². The number of rotatable bonds is 6. The van der Waals surface area contributed by atoms with Crippen molar-refractivity contribution in [3.8, 4) is 0 Å². The summed E-state index contributed by atoms with van der Waals surface area (Å²) in [6.07, 6.45) is 0.991. The third kappa shape index (κ3) is 3.95. The van der Waals surface area contributed by atoms with Crippen LogP contribution in [-0.2, 0) is 0 Å². The van der Waals surface area contributed by atoms with Crippen LogP contribution in [0.3, 0.4) is 0 Å². The fourth-order valence-electron chi connectivity index (χ4n) is 1.78. The van der Waals surface area contributed by atoms with Crippen LogP contribution in [0.4, 0.5) is 0 Å². The molecule has 0 saturated heterocycles. The minimum atomic E-state index is 0.182. The van der Waals surface area contributed by atoms with Crippen molar-refractivity contribution >= 4 is 0 Å². The summed E-state index contributed by atoms with van der Waals surface area (Å²) in [7, 11) is 0. The Kier molecular flexibility index (Phi) is 5.50. The summed E-state index contributed by atoms with van der Waals surface area (Å²) in [5.41, 5.74) is 7.46. The Hall–Kier alpha value is -0.860. The quantitative estimate of drug-likeness (QED) is 0.773. The van der Waals surface area contributed by atoms with Gasteiger partial charge in [0.2, 0.25) is 0 Å². The van der Waals surface area contributed by atoms with Crippen LogP contribution in [-0.4, -0.2) is 12.6 Å². The molecule has 0 saturated carbocycles. The molecule has 0 aliphatic carbocycles. The molecule has 2 nitrogen and oxygen atoms in total. The van der Waals surface area contributed by atoms with E-state index in [1.165, 1.54) is 5.56 Å². The van der Waals surface area contributed by atoms with Crippen LogP contribution < -0.4 is 11.1 Å². The molecule has 0 aliphatic rings. The lowest BCUT2D eigenvalue weighted by Gasteiger charge is -2.25. The molecular formula is C14H24N2. The Morgan fingerprint density at radius 1 is 1.19 bits per heavy atom. The largest absolute Gasteiger partial charge is 0.326 e. The summed E-state index contributed by atoms with van der Waals surface area (Å²) in [6.45, 7) is 7.57. The topological polar surface area (TPSA) is 38.0 Å². The number of nitrogens with one attached hydrogen (secondary N) is 1. The highest BCUT2D eigenvalue weighted by Gasteiger charge is 2.17. The monoisotopic (exact) mass is 220 g/mol. The van der Waals surface area contributed by atoms with Crippen LogP contribution in [0.5, 0.6) is 0 Å². The summed E-state index contributed by atoms with van der Waals surface area (Å²) < 4.78 is 0. The lowest BCUT2D eigenvalue weighted by atomic mass is 9.97. The van der Waals surface area contributed by atoms with Crippen molar-refractivity contribution in [2.75, 3.05) is 6.54 Å². The Morgan fingerprint density at radius 2 is 1.81 bits per heavy atom. The molecule has 1 rings (SSSR count). The summed E-state index contributed by atoms with van der Waals surface area (Å²) in [5, 5.41) is 3.56. The van der Waals surface area contributed by atoms with Gasteiger partial charge in [-0.2, -0.15) is 0 Å². The van der Waals surface area contributed by atoms with Gasteiger partial charge in [-0.15, -0.1) is 0 Å². The van der Waals surface area contributed by atoms with E-state index >= 15 is 0 Å². The van der Waals surface area contributed by atoms with E-state index in [1.807, 2.05) is 6.07 Å². The predicted molar refractivity (Wildman–Crippen MR) is 70.3 cm³/mol. The number of benzene rings is 1. The van der Waals surface area contributed by atoms with Gasteiger partial charge < -0.3 is 11.1 Å². The Morgan fingerprint density at radius 3 is 2.31 bits per heavy atom. The maximum atomic E-state index is 6.17. The molecule has 3 N–H and O–H groups in total. The van der Waals surface area contributed by atoms with Crippen molar-refractivity contribution in [1.29, 1.82) is 0 Å². The van der Waals surface area contributed by atoms with E-state index in [4.69, 9.17) is 5.73 Å². The first kappa shape index (κ1) is 13.2. The Labute approximate surface area is 99.2 Å². The second-order valence-corrected chi connectivity index (χ2v) is 4.76. The highest BCUT2D eigenvalue weighted by atomic mass is 15.0. The standard InChI is InChI=1S/C14H24N2/c1-4-13(15)14(16-10-11(2)3)12-8-6-5-7-9-12/h5-9,11,13-14,16H,4,10,15H2,1-3H3/t13-,14?/m0/s1. The van der Waals surface area contributed by atoms with Gasteiger partial charge in [0.1, 0.15) is 0 Å². The average molecular weight is 220 g/mol. The van der Waals surface area contributed by atoms with Gasteiger partial charge in [0.05, 0.1) is 0 Å². The summed E-state index contributed by atoms with van der Waals surface area (Å²) in [5.74, 6) is 0.648. The highest BCUT2D eigenvalue weighted by Crippen LogP contribution is 2.17. The molecule has 1 unspecified atom stereocenters. The van der Waals surface area contributed by atoms with Crippen molar-refractivity contribution < 1.29 is 0 Å². The lowest BCUT2D eigenvalue weighted by Crippen LogP contribution is -2.39. The second kappa shape index (κ2) is 6.66. The van der Waals surface area contributed by atoms with Crippen LogP contribution in [0.2, 0.25) is 0 Å². The molecule has 0 aliphatic heterocycles. The third-order valence-corrected chi connectivity index (χ3v) is 2.80. The molecule has 0 fully saturated rings. The second-order valence-electron chi connectivity index (χ2n) is 4.76. The molecular weight excluding hydrogens is 196 g/mol. The van der Waals surface area contributed by atoms with E-state index in [-0.39, 0.29) is 12.1 Å². The molecule has 0 heterocycles. The van der Waals surface area contributed by atoms with E-state index in [2.05, 4.69) is 50.4 Å². The maximum Gasteiger partial charge on any atom is 0.0473 e. The molecule has 2 heteroatoms. The molecule has 0 aromatic heterocycles. The summed E-state index contributed by atoms with van der Waals surface area (Å²) in [4.78, 5) is 0. The van der Waals surface area contributed by atoms with E-state index in [9.17, 15) is 0 Å². The summed E-state index contributed by atoms with van der Waals surface area (Å²) in [6, 6.07) is 10.9. The van der Waals surface area contributed by atoms with Crippen LogP contribution in [0.1, 0.15) is 38.8 Å². The van der Waals surface area contributed by atoms with Gasteiger partial charge >= 0.3 is 0 Å². The van der Waals surface area contributed by atoms with Gasteiger partial charge in [-0.1, -0.05) is 51.1 Å². The zero-order chi connectivity index (χ0) is 12.0. The Balaban J connectivity index is 2.71. The van der Waals surface area contributed by atoms with Crippen molar-refractivity contribution in [1.82, 2.24) is 5.32 Å². The van der Waals surface area contributed by atoms with E-state index < -0.39 is 0 Å². The van der Waals surface area contributed by atoms with Crippen molar-refractivity contribution in [2.24, 2.45) is 11.7 Å². The van der Waals surface area contributed by atoms with Gasteiger partial charge in [-0.05, 0) is 24.4 Å². The van der Waals surface area contributed by atoms with Gasteiger partial charge in [0.15, 0.2) is 0 Å². The van der Waals surface area contributed by atoms with E-state index in [1.54, 1.807) is 0 Å². The predicted octanol–water partition coefficient (Wildman–Crippen LogP) is 2.71. The molecule has 1 aromatic carbocycles. The third-order valence-electron chi connectivity index (χ3n) is 2.80. The molecule has 2 atom stereocenters. The normalized spacial score (nSPS) is 15.1. The smallest absolute Gasteiger partial charge is 0.0473 e. The number of nitrogens with two attached hydrogens (primary N) is 1. The average Bonchev–Trinajstić information content (AvgIpc) is 2.30. The van der Waals surface area contributed by atoms with Crippen molar-refractivity contribution in [3.63, 3.8) is 0 Å². The lowest BCUT2D eigenvalue weighted by molar-refractivity contribution is 0.406. The van der Waals surface area contributed by atoms with Gasteiger partial charge in [0, 0.05) is 12.1 Å². The van der Waals surface area contributed by atoms with E-state index in [0.29, 0.717) is 5.92 Å². The molecule has 90 valence electrons. The zero-order valence-corrected chi connectivity index (χ0v) is 10.6. The van der Waals surface area contributed by atoms with E-state index in [0.717, 1.165) is 13.0 Å². The molecule has 1 aromatic rings. The molecule has 0 spiro atoms. The van der Waals surface area contributed by atoms with Crippen LogP contribution in [0, 0.1) is 5.92 Å². The molecule has 0 radical (unpaired) electrons. The SMILES string of the molecule is CC[C@H](N)C(NCC(C)C)c1ccccc1. The van der Waals surface area contributed by atoms with Crippen molar-refractivity contribution in [2.45, 2.75) is 39.3 Å². The maximum absolute atomic E-state index is 6.17. The Bertz CT molecular complexity index is 282. The first-order chi connectivity index (χ1) is 7.65. The summed E-state index contributed by atoms with van der Waals surface area (Å²) >= 11 is 0. The fraction of sp³-hybridized carbons (Fsp3) is 0.571. The fourth-order valence-corrected chi connectivity index (χ4v) is 1.78. The minimum absolute atomic E-state index is 0.182. The zero-order valence-electron chi connectivity index (χ0n) is 10.6. The van der Waals surface area contributed by atoms with Crippen LogP contribution in [0.25, 0.3) is 0 Å². The van der Waals surface area contributed by atoms with Crippen molar-refractivity contribution in [3.05, 3.63) is 35.9 Å².